The normalized spacial score (nSPS) is 14.2. The molecule has 0 aliphatic heterocycles. The topological polar surface area (TPSA) is 6.48 Å². The summed E-state index contributed by atoms with van der Waals surface area (Å²) in [6, 6.07) is 0.761. The predicted octanol–water partition coefficient (Wildman–Crippen LogP) is 1.67. The first-order valence-corrected chi connectivity index (χ1v) is 4.96. The van der Waals surface area contributed by atoms with Crippen molar-refractivity contribution < 1.29 is 0 Å². The van der Waals surface area contributed by atoms with E-state index in [-0.39, 0.29) is 0 Å². The molecule has 74 valence electrons. The van der Waals surface area contributed by atoms with Crippen LogP contribution in [0.4, 0.5) is 0 Å². The molecule has 0 fully saturated rings. The highest BCUT2D eigenvalue weighted by Crippen LogP contribution is 2.06. The molecule has 0 saturated carbocycles. The van der Waals surface area contributed by atoms with Gasteiger partial charge in [0.1, 0.15) is 0 Å². The van der Waals surface area contributed by atoms with Crippen molar-refractivity contribution in [1.29, 1.82) is 0 Å². The Balaban J connectivity index is 3.67. The first kappa shape index (κ1) is 11.9. The van der Waals surface area contributed by atoms with Gasteiger partial charge in [-0.05, 0) is 47.1 Å². The lowest BCUT2D eigenvalue weighted by molar-refractivity contribution is 0.216. The first-order chi connectivity index (χ1) is 5.61. The van der Waals surface area contributed by atoms with Gasteiger partial charge in [0.25, 0.3) is 0 Å². The van der Waals surface area contributed by atoms with Gasteiger partial charge in [-0.1, -0.05) is 13.8 Å². The smallest absolute Gasteiger partial charge is 0.0102 e. The largest absolute Gasteiger partial charge is 0.309 e. The molecule has 0 aromatic carbocycles. The highest BCUT2D eigenvalue weighted by atomic mass is 15.1. The molecule has 0 aromatic heterocycles. The molecule has 1 unspecified atom stereocenters. The Morgan fingerprint density at radius 1 is 1.08 bits per heavy atom. The van der Waals surface area contributed by atoms with E-state index in [9.17, 15) is 0 Å². The molecule has 0 rings (SSSR count). The molecule has 0 aromatic rings. The number of hydrogen-bond acceptors (Lipinski definition) is 2. The minimum atomic E-state index is 0.761. The predicted molar refractivity (Wildman–Crippen MR) is 55.6 cm³/mol. The molecule has 0 heterocycles. The summed E-state index contributed by atoms with van der Waals surface area (Å²) < 4.78 is 0. The van der Waals surface area contributed by atoms with Crippen molar-refractivity contribution >= 4 is 0 Å². The summed E-state index contributed by atoms with van der Waals surface area (Å²) in [5, 5.41) is 0. The zero-order chi connectivity index (χ0) is 9.56. The van der Waals surface area contributed by atoms with Crippen molar-refractivity contribution in [3.63, 3.8) is 0 Å². The van der Waals surface area contributed by atoms with Crippen LogP contribution in [0.2, 0.25) is 0 Å². The van der Waals surface area contributed by atoms with E-state index < -0.39 is 0 Å². The zero-order valence-electron chi connectivity index (χ0n) is 9.30. The van der Waals surface area contributed by atoms with Gasteiger partial charge in [0.2, 0.25) is 0 Å². The van der Waals surface area contributed by atoms with Crippen LogP contribution >= 0.6 is 0 Å². The van der Waals surface area contributed by atoms with E-state index in [0.717, 1.165) is 12.6 Å². The van der Waals surface area contributed by atoms with Crippen LogP contribution < -0.4 is 0 Å². The fraction of sp³-hybridized carbons (Fsp3) is 1.00. The van der Waals surface area contributed by atoms with Crippen molar-refractivity contribution in [2.45, 2.75) is 32.7 Å². The average molecular weight is 172 g/mol. The molecule has 0 saturated heterocycles. The lowest BCUT2D eigenvalue weighted by atomic mass is 10.1. The SMILES string of the molecule is CCC(CCN(C)C)N(C)CC. The number of hydrogen-bond donors (Lipinski definition) is 0. The molecule has 0 N–H and O–H groups in total. The Morgan fingerprint density at radius 3 is 2.00 bits per heavy atom. The Labute approximate surface area is 77.5 Å². The maximum absolute atomic E-state index is 2.43. The first-order valence-electron chi connectivity index (χ1n) is 4.96. The summed E-state index contributed by atoms with van der Waals surface area (Å²) in [5.41, 5.74) is 0. The van der Waals surface area contributed by atoms with Crippen LogP contribution in [-0.4, -0.2) is 50.1 Å². The van der Waals surface area contributed by atoms with Gasteiger partial charge in [0, 0.05) is 6.04 Å². The lowest BCUT2D eigenvalue weighted by Crippen LogP contribution is -2.33. The molecular formula is C10H24N2. The van der Waals surface area contributed by atoms with E-state index in [1.165, 1.54) is 19.4 Å². The third kappa shape index (κ3) is 4.73. The van der Waals surface area contributed by atoms with E-state index in [0.29, 0.717) is 0 Å². The molecule has 12 heavy (non-hydrogen) atoms. The summed E-state index contributed by atoms with van der Waals surface area (Å²) in [6.07, 6.45) is 2.55. The number of nitrogens with zero attached hydrogens (tertiary/aromatic N) is 2. The van der Waals surface area contributed by atoms with Gasteiger partial charge >= 0.3 is 0 Å². The second-order valence-electron chi connectivity index (χ2n) is 3.73. The summed E-state index contributed by atoms with van der Waals surface area (Å²) in [5.74, 6) is 0. The van der Waals surface area contributed by atoms with Gasteiger partial charge in [0.05, 0.1) is 0 Å². The zero-order valence-corrected chi connectivity index (χ0v) is 9.30. The van der Waals surface area contributed by atoms with Crippen LogP contribution in [0.3, 0.4) is 0 Å². The Kier molecular flexibility index (Phi) is 6.39. The van der Waals surface area contributed by atoms with Crippen LogP contribution in [0.15, 0.2) is 0 Å². The van der Waals surface area contributed by atoms with Gasteiger partial charge < -0.3 is 9.80 Å². The van der Waals surface area contributed by atoms with E-state index in [1.54, 1.807) is 0 Å². The third-order valence-electron chi connectivity index (χ3n) is 2.50. The molecule has 0 spiro atoms. The second-order valence-corrected chi connectivity index (χ2v) is 3.73. The van der Waals surface area contributed by atoms with Crippen molar-refractivity contribution in [2.75, 3.05) is 34.2 Å². The molecule has 0 radical (unpaired) electrons. The van der Waals surface area contributed by atoms with Crippen molar-refractivity contribution in [3.8, 4) is 0 Å². The third-order valence-corrected chi connectivity index (χ3v) is 2.50. The van der Waals surface area contributed by atoms with Crippen molar-refractivity contribution in [3.05, 3.63) is 0 Å². The number of rotatable bonds is 6. The minimum absolute atomic E-state index is 0.761. The summed E-state index contributed by atoms with van der Waals surface area (Å²) in [4.78, 5) is 4.69. The van der Waals surface area contributed by atoms with Crippen LogP contribution in [0.25, 0.3) is 0 Å². The molecular weight excluding hydrogens is 148 g/mol. The van der Waals surface area contributed by atoms with Crippen LogP contribution in [0.1, 0.15) is 26.7 Å². The van der Waals surface area contributed by atoms with Gasteiger partial charge in [-0.2, -0.15) is 0 Å². The summed E-state index contributed by atoms with van der Waals surface area (Å²) in [6.45, 7) is 6.85. The maximum Gasteiger partial charge on any atom is 0.0102 e. The van der Waals surface area contributed by atoms with E-state index in [2.05, 4.69) is 44.8 Å². The quantitative estimate of drug-likeness (QED) is 0.601. The maximum atomic E-state index is 2.43. The van der Waals surface area contributed by atoms with E-state index >= 15 is 0 Å². The van der Waals surface area contributed by atoms with Crippen molar-refractivity contribution in [1.82, 2.24) is 9.80 Å². The van der Waals surface area contributed by atoms with E-state index in [1.807, 2.05) is 0 Å². The average Bonchev–Trinajstić information content (AvgIpc) is 2.04. The van der Waals surface area contributed by atoms with Gasteiger partial charge in [0.15, 0.2) is 0 Å². The fourth-order valence-corrected chi connectivity index (χ4v) is 1.40. The fourth-order valence-electron chi connectivity index (χ4n) is 1.40. The standard InChI is InChI=1S/C10H24N2/c1-6-10(12(5)7-2)8-9-11(3)4/h10H,6-9H2,1-5H3. The van der Waals surface area contributed by atoms with Crippen LogP contribution in [0, 0.1) is 0 Å². The highest BCUT2D eigenvalue weighted by Gasteiger charge is 2.10. The molecule has 0 aliphatic carbocycles. The molecule has 2 heteroatoms. The molecule has 0 aliphatic rings. The Hall–Kier alpha value is -0.0800. The Morgan fingerprint density at radius 2 is 1.67 bits per heavy atom. The van der Waals surface area contributed by atoms with Gasteiger partial charge in [-0.3, -0.25) is 0 Å². The summed E-state index contributed by atoms with van der Waals surface area (Å²) in [7, 11) is 6.49. The van der Waals surface area contributed by atoms with Crippen LogP contribution in [-0.2, 0) is 0 Å². The lowest BCUT2D eigenvalue weighted by Gasteiger charge is -2.26. The monoisotopic (exact) mass is 172 g/mol. The van der Waals surface area contributed by atoms with Gasteiger partial charge in [-0.15, -0.1) is 0 Å². The molecule has 0 bridgehead atoms. The van der Waals surface area contributed by atoms with Crippen LogP contribution in [0.5, 0.6) is 0 Å². The highest BCUT2D eigenvalue weighted by molar-refractivity contribution is 4.66. The van der Waals surface area contributed by atoms with Crippen molar-refractivity contribution in [2.24, 2.45) is 0 Å². The second kappa shape index (κ2) is 6.44. The summed E-state index contributed by atoms with van der Waals surface area (Å²) >= 11 is 0. The van der Waals surface area contributed by atoms with E-state index in [4.69, 9.17) is 0 Å². The molecule has 1 atom stereocenters. The molecule has 0 amide bonds. The molecule has 2 nitrogen and oxygen atoms in total. The van der Waals surface area contributed by atoms with Gasteiger partial charge in [-0.25, -0.2) is 0 Å². The Bertz CT molecular complexity index is 102. The minimum Gasteiger partial charge on any atom is -0.309 e.